The molecule has 0 fully saturated rings. The second-order valence-corrected chi connectivity index (χ2v) is 7.47. The summed E-state index contributed by atoms with van der Waals surface area (Å²) in [5.41, 5.74) is 3.76. The maximum Gasteiger partial charge on any atom is 0.357 e. The molecule has 4 aromatic rings. The zero-order valence-corrected chi connectivity index (χ0v) is 17.7. The molecule has 160 valence electrons. The van der Waals surface area contributed by atoms with E-state index in [2.05, 4.69) is 16.9 Å². The number of benzene rings is 2. The van der Waals surface area contributed by atoms with Gasteiger partial charge in [-0.2, -0.15) is 0 Å². The Morgan fingerprint density at radius 2 is 2.00 bits per heavy atom. The van der Waals surface area contributed by atoms with Crippen molar-refractivity contribution in [1.29, 1.82) is 0 Å². The van der Waals surface area contributed by atoms with E-state index in [-0.39, 0.29) is 18.4 Å². The largest absolute Gasteiger partial charge is 0.489 e. The monoisotopic (exact) mass is 420 g/mol. The fraction of sp³-hybridized carbons (Fsp3) is 0.280. The van der Waals surface area contributed by atoms with E-state index in [1.165, 1.54) is 12.1 Å². The van der Waals surface area contributed by atoms with Gasteiger partial charge in [0.25, 0.3) is 0 Å². The van der Waals surface area contributed by atoms with Gasteiger partial charge in [0.05, 0.1) is 18.3 Å². The minimum atomic E-state index is -0.389. The van der Waals surface area contributed by atoms with Gasteiger partial charge in [-0.25, -0.2) is 14.2 Å². The predicted octanol–water partition coefficient (Wildman–Crippen LogP) is 5.95. The lowest BCUT2D eigenvalue weighted by molar-refractivity contribution is 0.0492. The molecule has 1 N–H and O–H groups in total. The van der Waals surface area contributed by atoms with Crippen LogP contribution in [0.5, 0.6) is 5.75 Å². The topological polar surface area (TPSA) is 64.2 Å². The van der Waals surface area contributed by atoms with Gasteiger partial charge in [0.15, 0.2) is 5.69 Å². The van der Waals surface area contributed by atoms with Crippen molar-refractivity contribution in [2.45, 2.75) is 39.7 Å². The number of nitrogens with zero attached hydrogens (tertiary/aromatic N) is 1. The molecule has 0 aliphatic heterocycles. The molecule has 0 spiro atoms. The summed E-state index contributed by atoms with van der Waals surface area (Å²) < 4.78 is 24.7. The van der Waals surface area contributed by atoms with Crippen molar-refractivity contribution in [2.75, 3.05) is 6.61 Å². The molecular weight excluding hydrogens is 395 g/mol. The second-order valence-electron chi connectivity index (χ2n) is 7.47. The van der Waals surface area contributed by atoms with Crippen molar-refractivity contribution >= 4 is 27.8 Å². The molecule has 0 atom stereocenters. The van der Waals surface area contributed by atoms with Gasteiger partial charge in [-0.3, -0.25) is 0 Å². The van der Waals surface area contributed by atoms with Crippen LogP contribution < -0.4 is 4.74 Å². The van der Waals surface area contributed by atoms with Gasteiger partial charge >= 0.3 is 5.97 Å². The molecule has 0 aliphatic carbocycles. The first kappa shape index (κ1) is 20.8. The third-order valence-corrected chi connectivity index (χ3v) is 5.28. The Hall–Kier alpha value is -3.41. The number of H-pyrrole nitrogens is 1. The molecule has 6 heteroatoms. The first-order valence-electron chi connectivity index (χ1n) is 10.6. The lowest BCUT2D eigenvalue weighted by Gasteiger charge is -2.09. The number of hydrogen-bond donors (Lipinski definition) is 1. The number of aromatic amines is 1. The quantitative estimate of drug-likeness (QED) is 0.282. The molecule has 5 nitrogen and oxygen atoms in total. The number of fused-ring (bicyclic) bond motifs is 3. The number of carbonyl (C=O) groups is 1. The highest BCUT2D eigenvalue weighted by Gasteiger charge is 2.19. The highest BCUT2D eigenvalue weighted by atomic mass is 19.1. The summed E-state index contributed by atoms with van der Waals surface area (Å²) in [6.07, 6.45) is 4.11. The summed E-state index contributed by atoms with van der Waals surface area (Å²) in [5, 5.41) is 1.90. The summed E-state index contributed by atoms with van der Waals surface area (Å²) in [7, 11) is 0. The molecule has 0 saturated carbocycles. The maximum atomic E-state index is 13.4. The SMILES string of the molecule is CCCCOC(=O)c1ncc2[nH]c3ccc(OCc4cccc(F)c4)cc3c2c1CC. The highest BCUT2D eigenvalue weighted by Crippen LogP contribution is 2.32. The van der Waals surface area contributed by atoms with E-state index in [9.17, 15) is 9.18 Å². The van der Waals surface area contributed by atoms with E-state index >= 15 is 0 Å². The van der Waals surface area contributed by atoms with Crippen LogP contribution in [0.25, 0.3) is 21.8 Å². The van der Waals surface area contributed by atoms with Crippen LogP contribution in [0.4, 0.5) is 4.39 Å². The van der Waals surface area contributed by atoms with Crippen molar-refractivity contribution in [2.24, 2.45) is 0 Å². The molecule has 2 aromatic heterocycles. The summed E-state index contributed by atoms with van der Waals surface area (Å²) in [5.74, 6) is -0.00437. The lowest BCUT2D eigenvalue weighted by Crippen LogP contribution is -2.11. The normalized spacial score (nSPS) is 11.2. The number of ether oxygens (including phenoxy) is 2. The van der Waals surface area contributed by atoms with Crippen LogP contribution in [0.3, 0.4) is 0 Å². The van der Waals surface area contributed by atoms with Crippen LogP contribution in [0.1, 0.15) is 48.3 Å². The van der Waals surface area contributed by atoms with Crippen LogP contribution in [0.15, 0.2) is 48.7 Å². The number of aromatic nitrogens is 2. The fourth-order valence-corrected chi connectivity index (χ4v) is 3.72. The third kappa shape index (κ3) is 4.38. The minimum absolute atomic E-state index is 0.267. The van der Waals surface area contributed by atoms with E-state index in [0.29, 0.717) is 24.5 Å². The number of hydrogen-bond acceptors (Lipinski definition) is 4. The molecule has 0 amide bonds. The van der Waals surface area contributed by atoms with Crippen LogP contribution in [-0.4, -0.2) is 22.5 Å². The standard InChI is InChI=1S/C25H25FN2O3/c1-3-5-11-30-25(29)24-19(4-2)23-20-13-18(9-10-21(20)28-22(23)14-27-24)31-15-16-7-6-8-17(26)12-16/h6-10,12-14,28H,3-5,11,15H2,1-2H3. The number of rotatable bonds is 8. The number of halogens is 1. The Bertz CT molecular complexity index is 1230. The first-order valence-corrected chi connectivity index (χ1v) is 10.6. The molecule has 0 bridgehead atoms. The van der Waals surface area contributed by atoms with Crippen molar-refractivity contribution in [3.05, 3.63) is 71.3 Å². The van der Waals surface area contributed by atoms with Crippen molar-refractivity contribution in [1.82, 2.24) is 9.97 Å². The van der Waals surface area contributed by atoms with Crippen LogP contribution >= 0.6 is 0 Å². The number of unbranched alkanes of at least 4 members (excludes halogenated alkanes) is 1. The molecule has 0 aliphatic rings. The molecule has 0 saturated heterocycles. The van der Waals surface area contributed by atoms with Gasteiger partial charge in [-0.15, -0.1) is 0 Å². The Kier molecular flexibility index (Phi) is 6.16. The maximum absolute atomic E-state index is 13.4. The average Bonchev–Trinajstić information content (AvgIpc) is 3.15. The van der Waals surface area contributed by atoms with E-state index in [1.54, 1.807) is 12.3 Å². The summed E-state index contributed by atoms with van der Waals surface area (Å²) in [6.45, 7) is 4.71. The van der Waals surface area contributed by atoms with Crippen LogP contribution in [0, 0.1) is 5.82 Å². The minimum Gasteiger partial charge on any atom is -0.489 e. The summed E-state index contributed by atoms with van der Waals surface area (Å²) >= 11 is 0. The molecule has 31 heavy (non-hydrogen) atoms. The first-order chi connectivity index (χ1) is 15.1. The second kappa shape index (κ2) is 9.16. The zero-order chi connectivity index (χ0) is 21.8. The van der Waals surface area contributed by atoms with Gasteiger partial charge in [-0.1, -0.05) is 32.4 Å². The number of aryl methyl sites for hydroxylation is 1. The Balaban J connectivity index is 1.69. The van der Waals surface area contributed by atoms with Gasteiger partial charge in [0.1, 0.15) is 18.2 Å². The molecule has 2 aromatic carbocycles. The molecule has 0 radical (unpaired) electrons. The smallest absolute Gasteiger partial charge is 0.357 e. The van der Waals surface area contributed by atoms with Crippen molar-refractivity contribution in [3.63, 3.8) is 0 Å². The van der Waals surface area contributed by atoms with E-state index in [0.717, 1.165) is 45.8 Å². The number of pyridine rings is 1. The van der Waals surface area contributed by atoms with Crippen molar-refractivity contribution in [3.8, 4) is 5.75 Å². The zero-order valence-electron chi connectivity index (χ0n) is 17.7. The molecule has 4 rings (SSSR count). The van der Waals surface area contributed by atoms with Crippen LogP contribution in [0.2, 0.25) is 0 Å². The van der Waals surface area contributed by atoms with Gasteiger partial charge in [-0.05, 0) is 54.3 Å². The summed E-state index contributed by atoms with van der Waals surface area (Å²) in [4.78, 5) is 20.4. The number of nitrogens with one attached hydrogen (secondary N) is 1. The predicted molar refractivity (Wildman–Crippen MR) is 119 cm³/mol. The van der Waals surface area contributed by atoms with Gasteiger partial charge in [0.2, 0.25) is 0 Å². The Morgan fingerprint density at radius 3 is 2.77 bits per heavy atom. The highest BCUT2D eigenvalue weighted by molar-refractivity contribution is 6.11. The third-order valence-electron chi connectivity index (χ3n) is 5.28. The van der Waals surface area contributed by atoms with E-state index < -0.39 is 0 Å². The number of carbonyl (C=O) groups excluding carboxylic acids is 1. The average molecular weight is 420 g/mol. The molecular formula is C25H25FN2O3. The van der Waals surface area contributed by atoms with Gasteiger partial charge in [0, 0.05) is 16.3 Å². The van der Waals surface area contributed by atoms with Crippen LogP contribution in [-0.2, 0) is 17.8 Å². The Morgan fingerprint density at radius 1 is 1.13 bits per heavy atom. The fourth-order valence-electron chi connectivity index (χ4n) is 3.72. The van der Waals surface area contributed by atoms with E-state index in [1.807, 2.05) is 31.2 Å². The van der Waals surface area contributed by atoms with Gasteiger partial charge < -0.3 is 14.5 Å². The lowest BCUT2D eigenvalue weighted by atomic mass is 10.0. The van der Waals surface area contributed by atoms with Crippen molar-refractivity contribution < 1.29 is 18.7 Å². The molecule has 0 unspecified atom stereocenters. The number of esters is 1. The Labute approximate surface area is 180 Å². The molecule has 2 heterocycles. The van der Waals surface area contributed by atoms with E-state index in [4.69, 9.17) is 9.47 Å². The summed E-state index contributed by atoms with van der Waals surface area (Å²) in [6, 6.07) is 12.1.